The maximum Gasteiger partial charge on any atom is 0.291 e. The second-order valence-electron chi connectivity index (χ2n) is 5.82. The number of benzene rings is 1. The Kier molecular flexibility index (Phi) is 4.59. The molecule has 4 rings (SSSR count). The second kappa shape index (κ2) is 7.20. The highest BCUT2D eigenvalue weighted by Crippen LogP contribution is 2.27. The highest BCUT2D eigenvalue weighted by molar-refractivity contribution is 9.10. The summed E-state index contributed by atoms with van der Waals surface area (Å²) in [5.74, 6) is 0.662. The molecule has 27 heavy (non-hydrogen) atoms. The number of hydrogen-bond acceptors (Lipinski definition) is 6. The van der Waals surface area contributed by atoms with Gasteiger partial charge in [-0.25, -0.2) is 14.6 Å². The van der Waals surface area contributed by atoms with Gasteiger partial charge in [0.05, 0.1) is 11.6 Å². The zero-order valence-electron chi connectivity index (χ0n) is 14.3. The number of nitrogens with zero attached hydrogens (tertiary/aromatic N) is 4. The van der Waals surface area contributed by atoms with Crippen molar-refractivity contribution >= 4 is 44.4 Å². The van der Waals surface area contributed by atoms with Gasteiger partial charge in [0.1, 0.15) is 16.7 Å². The average Bonchev–Trinajstić information content (AvgIpc) is 3.30. The minimum Gasteiger partial charge on any atom is -0.459 e. The quantitative estimate of drug-likeness (QED) is 0.505. The van der Waals surface area contributed by atoms with Gasteiger partial charge in [-0.1, -0.05) is 12.1 Å². The van der Waals surface area contributed by atoms with Crippen molar-refractivity contribution < 1.29 is 9.21 Å². The molecule has 0 fully saturated rings. The zero-order valence-corrected chi connectivity index (χ0v) is 15.9. The van der Waals surface area contributed by atoms with Crippen molar-refractivity contribution in [3.05, 3.63) is 64.9 Å². The number of aromatic nitrogens is 4. The van der Waals surface area contributed by atoms with Crippen molar-refractivity contribution in [1.29, 1.82) is 0 Å². The summed E-state index contributed by atoms with van der Waals surface area (Å²) < 4.78 is 7.48. The third-order valence-corrected chi connectivity index (χ3v) is 4.52. The lowest BCUT2D eigenvalue weighted by atomic mass is 10.2. The maximum atomic E-state index is 12.1. The third kappa shape index (κ3) is 3.54. The molecule has 0 radical (unpaired) electrons. The van der Waals surface area contributed by atoms with Gasteiger partial charge in [0, 0.05) is 19.3 Å². The van der Waals surface area contributed by atoms with E-state index >= 15 is 0 Å². The number of furan rings is 1. The Morgan fingerprint density at radius 3 is 2.96 bits per heavy atom. The summed E-state index contributed by atoms with van der Waals surface area (Å²) in [4.78, 5) is 20.7. The largest absolute Gasteiger partial charge is 0.459 e. The molecule has 8 nitrogen and oxygen atoms in total. The fourth-order valence-electron chi connectivity index (χ4n) is 2.72. The van der Waals surface area contributed by atoms with Gasteiger partial charge in [-0.05, 0) is 45.8 Å². The number of halogens is 1. The summed E-state index contributed by atoms with van der Waals surface area (Å²) in [6.07, 6.45) is 2.97. The molecule has 1 amide bonds. The van der Waals surface area contributed by atoms with Crippen LogP contribution in [-0.2, 0) is 13.6 Å². The minimum absolute atomic E-state index is 0.267. The van der Waals surface area contributed by atoms with E-state index in [4.69, 9.17) is 4.42 Å². The summed E-state index contributed by atoms with van der Waals surface area (Å²) in [5.41, 5.74) is 2.41. The highest BCUT2D eigenvalue weighted by atomic mass is 79.9. The molecular weight excluding hydrogens is 412 g/mol. The summed E-state index contributed by atoms with van der Waals surface area (Å²) >= 11 is 3.44. The Labute approximate surface area is 162 Å². The Balaban J connectivity index is 1.50. The van der Waals surface area contributed by atoms with E-state index in [1.54, 1.807) is 16.8 Å². The van der Waals surface area contributed by atoms with Crippen molar-refractivity contribution in [1.82, 2.24) is 19.7 Å². The van der Waals surface area contributed by atoms with Crippen molar-refractivity contribution in [2.45, 2.75) is 6.54 Å². The van der Waals surface area contributed by atoms with Gasteiger partial charge in [-0.2, -0.15) is 5.10 Å². The predicted octanol–water partition coefficient (Wildman–Crippen LogP) is 3.58. The molecule has 4 aromatic rings. The van der Waals surface area contributed by atoms with Crippen LogP contribution in [0.4, 0.5) is 11.5 Å². The third-order valence-electron chi connectivity index (χ3n) is 3.97. The van der Waals surface area contributed by atoms with Crippen molar-refractivity contribution in [3.63, 3.8) is 0 Å². The molecule has 0 aliphatic rings. The van der Waals surface area contributed by atoms with Gasteiger partial charge in [0.25, 0.3) is 5.91 Å². The fourth-order valence-corrected chi connectivity index (χ4v) is 3.32. The van der Waals surface area contributed by atoms with Crippen LogP contribution in [0.3, 0.4) is 0 Å². The smallest absolute Gasteiger partial charge is 0.291 e. The molecular formula is C18H15BrN6O2. The van der Waals surface area contributed by atoms with E-state index < -0.39 is 0 Å². The Hall–Kier alpha value is -3.20. The van der Waals surface area contributed by atoms with Crippen LogP contribution in [0, 0.1) is 0 Å². The van der Waals surface area contributed by atoms with Crippen LogP contribution in [0.25, 0.3) is 11.0 Å². The zero-order chi connectivity index (χ0) is 18.8. The van der Waals surface area contributed by atoms with Crippen LogP contribution in [0.1, 0.15) is 16.1 Å². The Morgan fingerprint density at radius 1 is 1.26 bits per heavy atom. The lowest BCUT2D eigenvalue weighted by Gasteiger charge is -2.09. The van der Waals surface area contributed by atoms with E-state index in [0.29, 0.717) is 22.7 Å². The average molecular weight is 427 g/mol. The normalized spacial score (nSPS) is 10.9. The minimum atomic E-state index is -0.290. The summed E-state index contributed by atoms with van der Waals surface area (Å²) in [6, 6.07) is 10.9. The standard InChI is InChI=1S/C18H15BrN6O2/c1-25-17-14(15(19)24-25)16(21-10-22-17)20-9-11-4-2-5-12(8-11)23-18(26)13-6-3-7-27-13/h2-8,10H,9H2,1H3,(H,23,26)(H,20,21,22). The number of carbonyl (C=O) groups excluding carboxylic acids is 1. The molecule has 0 saturated carbocycles. The van der Waals surface area contributed by atoms with Gasteiger partial charge in [-0.15, -0.1) is 0 Å². The molecule has 0 saturated heterocycles. The van der Waals surface area contributed by atoms with E-state index in [9.17, 15) is 4.79 Å². The molecule has 0 bridgehead atoms. The molecule has 2 N–H and O–H groups in total. The van der Waals surface area contributed by atoms with Crippen LogP contribution in [-0.4, -0.2) is 25.7 Å². The summed E-state index contributed by atoms with van der Waals surface area (Å²) in [5, 5.41) is 11.3. The van der Waals surface area contributed by atoms with Crippen molar-refractivity contribution in [3.8, 4) is 0 Å². The number of carbonyl (C=O) groups is 1. The number of fused-ring (bicyclic) bond motifs is 1. The Morgan fingerprint density at radius 2 is 2.15 bits per heavy atom. The summed E-state index contributed by atoms with van der Waals surface area (Å²) in [7, 11) is 1.83. The monoisotopic (exact) mass is 426 g/mol. The van der Waals surface area contributed by atoms with Gasteiger partial charge < -0.3 is 15.1 Å². The molecule has 3 heterocycles. The fraction of sp³-hybridized carbons (Fsp3) is 0.111. The molecule has 3 aromatic heterocycles. The van der Waals surface area contributed by atoms with E-state index in [1.807, 2.05) is 31.3 Å². The van der Waals surface area contributed by atoms with Gasteiger partial charge in [0.15, 0.2) is 11.4 Å². The lowest BCUT2D eigenvalue weighted by molar-refractivity contribution is 0.0996. The van der Waals surface area contributed by atoms with Gasteiger partial charge in [0.2, 0.25) is 0 Å². The first-order valence-corrected chi connectivity index (χ1v) is 8.92. The number of nitrogens with one attached hydrogen (secondary N) is 2. The van der Waals surface area contributed by atoms with E-state index in [0.717, 1.165) is 16.6 Å². The predicted molar refractivity (Wildman–Crippen MR) is 104 cm³/mol. The number of aryl methyl sites for hydroxylation is 1. The van der Waals surface area contributed by atoms with Gasteiger partial charge >= 0.3 is 0 Å². The molecule has 0 atom stereocenters. The molecule has 136 valence electrons. The lowest BCUT2D eigenvalue weighted by Crippen LogP contribution is -2.11. The van der Waals surface area contributed by atoms with E-state index in [1.165, 1.54) is 12.6 Å². The number of anilines is 2. The topological polar surface area (TPSA) is 97.9 Å². The van der Waals surface area contributed by atoms with E-state index in [-0.39, 0.29) is 11.7 Å². The molecule has 0 unspecified atom stereocenters. The van der Waals surface area contributed by atoms with Gasteiger partial charge in [-0.3, -0.25) is 4.79 Å². The molecule has 0 aliphatic heterocycles. The van der Waals surface area contributed by atoms with Crippen molar-refractivity contribution in [2.75, 3.05) is 10.6 Å². The molecule has 1 aromatic carbocycles. The van der Waals surface area contributed by atoms with E-state index in [2.05, 4.69) is 41.6 Å². The molecule has 9 heteroatoms. The first-order valence-electron chi connectivity index (χ1n) is 8.12. The number of amides is 1. The van der Waals surface area contributed by atoms with Crippen LogP contribution in [0.15, 0.2) is 58.0 Å². The number of rotatable bonds is 5. The molecule has 0 spiro atoms. The molecule has 0 aliphatic carbocycles. The maximum absolute atomic E-state index is 12.1. The van der Waals surface area contributed by atoms with Crippen LogP contribution in [0.5, 0.6) is 0 Å². The second-order valence-corrected chi connectivity index (χ2v) is 6.57. The summed E-state index contributed by atoms with van der Waals surface area (Å²) in [6.45, 7) is 0.526. The SMILES string of the molecule is Cn1nc(Br)c2c(NCc3cccc(NC(=O)c4ccco4)c3)ncnc21. The van der Waals surface area contributed by atoms with Crippen molar-refractivity contribution in [2.24, 2.45) is 7.05 Å². The van der Waals surface area contributed by atoms with Crippen LogP contribution < -0.4 is 10.6 Å². The van der Waals surface area contributed by atoms with Crippen LogP contribution >= 0.6 is 15.9 Å². The highest BCUT2D eigenvalue weighted by Gasteiger charge is 2.13. The Bertz CT molecular complexity index is 1110. The van der Waals surface area contributed by atoms with Crippen LogP contribution in [0.2, 0.25) is 0 Å². The first kappa shape index (κ1) is 17.2. The number of hydrogen-bond donors (Lipinski definition) is 2. The first-order chi connectivity index (χ1) is 13.1.